The van der Waals surface area contributed by atoms with E-state index in [1.54, 1.807) is 22.6 Å². The Labute approximate surface area is 185 Å². The van der Waals surface area contributed by atoms with Crippen molar-refractivity contribution in [1.82, 2.24) is 20.0 Å². The lowest BCUT2D eigenvalue weighted by Gasteiger charge is -2.31. The topological polar surface area (TPSA) is 109 Å². The van der Waals surface area contributed by atoms with Crippen LogP contribution in [0, 0.1) is 5.92 Å². The molecule has 1 fully saturated rings. The van der Waals surface area contributed by atoms with Gasteiger partial charge in [0.05, 0.1) is 24.1 Å². The molecule has 3 heterocycles. The highest BCUT2D eigenvalue weighted by molar-refractivity contribution is 5.99. The van der Waals surface area contributed by atoms with E-state index in [0.29, 0.717) is 30.0 Å². The summed E-state index contributed by atoms with van der Waals surface area (Å²) >= 11 is 0. The molecule has 0 radical (unpaired) electrons. The first-order chi connectivity index (χ1) is 15.4. The number of aromatic nitrogens is 2. The molecule has 0 spiro atoms. The van der Waals surface area contributed by atoms with Gasteiger partial charge in [0.1, 0.15) is 11.7 Å². The fourth-order valence-corrected chi connectivity index (χ4v) is 3.98. The van der Waals surface area contributed by atoms with Crippen LogP contribution in [-0.2, 0) is 9.59 Å². The van der Waals surface area contributed by atoms with E-state index in [1.807, 2.05) is 31.3 Å². The Morgan fingerprint density at radius 3 is 2.69 bits per heavy atom. The molecule has 1 aromatic carbocycles. The standard InChI is InChI=1S/C23H26N6O3/c1-3-21(30)25-12-28-11-13(2)29-20(23(28)32)9-18(27-29)16-7-6-15(19-10-24-19)8-17(16)26-22(31)14-4-5-14/h6-10,13-14,19H,3-5,11-12H2,1-2H3,(H,25,30)(H,26,31)/t13-,19?/m0/s1. The minimum absolute atomic E-state index is 0.0198. The molecule has 9 heteroatoms. The molecular weight excluding hydrogens is 408 g/mol. The van der Waals surface area contributed by atoms with Gasteiger partial charge < -0.3 is 15.5 Å². The largest absolute Gasteiger partial charge is 0.338 e. The van der Waals surface area contributed by atoms with Crippen molar-refractivity contribution in [2.24, 2.45) is 10.9 Å². The van der Waals surface area contributed by atoms with Crippen LogP contribution in [-0.4, -0.2) is 51.8 Å². The van der Waals surface area contributed by atoms with E-state index < -0.39 is 0 Å². The number of hydrogen-bond donors (Lipinski definition) is 2. The Kier molecular flexibility index (Phi) is 5.03. The molecule has 3 aliphatic rings. The number of hydrogen-bond acceptors (Lipinski definition) is 5. The van der Waals surface area contributed by atoms with Gasteiger partial charge in [0, 0.05) is 30.7 Å². The van der Waals surface area contributed by atoms with Crippen LogP contribution in [0.4, 0.5) is 5.69 Å². The normalized spacial score (nSPS) is 21.3. The zero-order valence-electron chi connectivity index (χ0n) is 18.2. The van der Waals surface area contributed by atoms with E-state index >= 15 is 0 Å². The maximum Gasteiger partial charge on any atom is 0.273 e. The molecule has 2 aromatic rings. The molecule has 1 unspecified atom stereocenters. The smallest absolute Gasteiger partial charge is 0.273 e. The zero-order valence-corrected chi connectivity index (χ0v) is 18.2. The van der Waals surface area contributed by atoms with Crippen molar-refractivity contribution in [3.8, 4) is 11.3 Å². The van der Waals surface area contributed by atoms with Crippen LogP contribution in [0.3, 0.4) is 0 Å². The van der Waals surface area contributed by atoms with Crippen molar-refractivity contribution < 1.29 is 14.4 Å². The molecule has 166 valence electrons. The average Bonchev–Trinajstić information content (AvgIpc) is 3.71. The van der Waals surface area contributed by atoms with Crippen LogP contribution in [0.15, 0.2) is 29.3 Å². The van der Waals surface area contributed by atoms with Crippen LogP contribution in [0.1, 0.15) is 61.2 Å². The molecule has 9 nitrogen and oxygen atoms in total. The third-order valence-electron chi connectivity index (χ3n) is 6.10. The van der Waals surface area contributed by atoms with Gasteiger partial charge in [-0.1, -0.05) is 19.1 Å². The lowest BCUT2D eigenvalue weighted by molar-refractivity contribution is -0.121. The number of anilines is 1. The second-order valence-electron chi connectivity index (χ2n) is 8.66. The lowest BCUT2D eigenvalue weighted by atomic mass is 10.0. The molecule has 1 saturated carbocycles. The number of nitrogens with one attached hydrogen (secondary N) is 2. The maximum absolute atomic E-state index is 13.0. The first-order valence-electron chi connectivity index (χ1n) is 11.1. The Bertz CT molecular complexity index is 1130. The molecule has 1 aromatic heterocycles. The quantitative estimate of drug-likeness (QED) is 0.698. The highest BCUT2D eigenvalue weighted by Gasteiger charge is 2.33. The minimum Gasteiger partial charge on any atom is -0.338 e. The van der Waals surface area contributed by atoms with Gasteiger partial charge in [-0.2, -0.15) is 5.10 Å². The fourth-order valence-electron chi connectivity index (χ4n) is 3.98. The van der Waals surface area contributed by atoms with Gasteiger partial charge in [0.15, 0.2) is 0 Å². The molecular formula is C23H26N6O3. The summed E-state index contributed by atoms with van der Waals surface area (Å²) in [5, 5.41) is 10.5. The number of carbonyl (C=O) groups excluding carboxylic acids is 3. The maximum atomic E-state index is 13.0. The molecule has 0 bridgehead atoms. The molecule has 0 saturated heterocycles. The summed E-state index contributed by atoms with van der Waals surface area (Å²) < 4.78 is 1.74. The van der Waals surface area contributed by atoms with E-state index in [9.17, 15) is 14.4 Å². The third kappa shape index (κ3) is 3.90. The molecule has 2 aliphatic heterocycles. The van der Waals surface area contributed by atoms with Gasteiger partial charge in [-0.3, -0.25) is 24.1 Å². The second kappa shape index (κ2) is 7.89. The van der Waals surface area contributed by atoms with Crippen LogP contribution in [0.25, 0.3) is 11.3 Å². The molecule has 5 rings (SSSR count). The molecule has 3 amide bonds. The first kappa shape index (κ1) is 20.4. The molecule has 2 atom stereocenters. The van der Waals surface area contributed by atoms with Gasteiger partial charge in [-0.15, -0.1) is 0 Å². The van der Waals surface area contributed by atoms with Crippen molar-refractivity contribution in [2.45, 2.75) is 45.2 Å². The van der Waals surface area contributed by atoms with Crippen molar-refractivity contribution in [2.75, 3.05) is 18.5 Å². The van der Waals surface area contributed by atoms with Gasteiger partial charge in [0.2, 0.25) is 11.8 Å². The highest BCUT2D eigenvalue weighted by Crippen LogP contribution is 2.37. The lowest BCUT2D eigenvalue weighted by Crippen LogP contribution is -2.47. The third-order valence-corrected chi connectivity index (χ3v) is 6.10. The SMILES string of the molecule is CCC(=O)NCN1C[C@H](C)n2nc(-c3ccc(C4C=N4)cc3NC(=O)C3CC3)cc2C1=O. The monoisotopic (exact) mass is 434 g/mol. The first-order valence-corrected chi connectivity index (χ1v) is 11.1. The van der Waals surface area contributed by atoms with Crippen LogP contribution < -0.4 is 10.6 Å². The summed E-state index contributed by atoms with van der Waals surface area (Å²) in [6, 6.07) is 7.66. The van der Waals surface area contributed by atoms with Crippen LogP contribution >= 0.6 is 0 Å². The van der Waals surface area contributed by atoms with E-state index in [4.69, 9.17) is 5.10 Å². The Morgan fingerprint density at radius 2 is 2.00 bits per heavy atom. The van der Waals surface area contributed by atoms with Crippen LogP contribution in [0.2, 0.25) is 0 Å². The van der Waals surface area contributed by atoms with Gasteiger partial charge in [-0.05, 0) is 37.5 Å². The van der Waals surface area contributed by atoms with Crippen molar-refractivity contribution >= 4 is 29.6 Å². The van der Waals surface area contributed by atoms with Gasteiger partial charge >= 0.3 is 0 Å². The van der Waals surface area contributed by atoms with E-state index in [1.165, 1.54) is 0 Å². The summed E-state index contributed by atoms with van der Waals surface area (Å²) in [6.45, 7) is 4.40. The van der Waals surface area contributed by atoms with E-state index in [0.717, 1.165) is 24.0 Å². The number of amides is 3. The fraction of sp³-hybridized carbons (Fsp3) is 0.435. The van der Waals surface area contributed by atoms with Crippen molar-refractivity contribution in [1.29, 1.82) is 0 Å². The van der Waals surface area contributed by atoms with Crippen molar-refractivity contribution in [3.05, 3.63) is 35.5 Å². The van der Waals surface area contributed by atoms with E-state index in [2.05, 4.69) is 15.6 Å². The summed E-state index contributed by atoms with van der Waals surface area (Å²) in [7, 11) is 0. The molecule has 1 aliphatic carbocycles. The zero-order chi connectivity index (χ0) is 22.4. The average molecular weight is 435 g/mol. The summed E-state index contributed by atoms with van der Waals surface area (Å²) in [4.78, 5) is 43.0. The molecule has 2 N–H and O–H groups in total. The summed E-state index contributed by atoms with van der Waals surface area (Å²) in [6.07, 6.45) is 4.07. The predicted octanol–water partition coefficient (Wildman–Crippen LogP) is 2.52. The van der Waals surface area contributed by atoms with Gasteiger partial charge in [0.25, 0.3) is 5.91 Å². The summed E-state index contributed by atoms with van der Waals surface area (Å²) in [5.74, 6) is -0.176. The van der Waals surface area contributed by atoms with E-state index in [-0.39, 0.29) is 42.4 Å². The highest BCUT2D eigenvalue weighted by atomic mass is 16.2. The van der Waals surface area contributed by atoms with Gasteiger partial charge in [-0.25, -0.2) is 0 Å². The Hall–Kier alpha value is -3.49. The number of benzene rings is 1. The Morgan fingerprint density at radius 1 is 1.22 bits per heavy atom. The number of aliphatic imine (C=N–C) groups is 1. The Balaban J connectivity index is 1.45. The predicted molar refractivity (Wildman–Crippen MR) is 119 cm³/mol. The van der Waals surface area contributed by atoms with Crippen molar-refractivity contribution in [3.63, 3.8) is 0 Å². The number of nitrogens with zero attached hydrogens (tertiary/aromatic N) is 4. The van der Waals surface area contributed by atoms with Crippen LogP contribution in [0.5, 0.6) is 0 Å². The number of carbonyl (C=O) groups is 3. The summed E-state index contributed by atoms with van der Waals surface area (Å²) in [5.41, 5.74) is 3.59. The minimum atomic E-state index is -0.176. The second-order valence-corrected chi connectivity index (χ2v) is 8.66. The molecule has 32 heavy (non-hydrogen) atoms. The number of rotatable bonds is 7. The number of fused-ring (bicyclic) bond motifs is 1.